The van der Waals surface area contributed by atoms with E-state index in [1.165, 1.54) is 12.2 Å². The van der Waals surface area contributed by atoms with Crippen LogP contribution >= 0.6 is 11.3 Å². The zero-order valence-corrected chi connectivity index (χ0v) is 20.8. The van der Waals surface area contributed by atoms with Gasteiger partial charge < -0.3 is 10.6 Å². The van der Waals surface area contributed by atoms with Crippen LogP contribution in [0.2, 0.25) is 0 Å². The lowest BCUT2D eigenvalue weighted by Gasteiger charge is -2.29. The SMILES string of the molecule is Cc1cc(C2=CC(c3cc(C(F)(F)F)cc(C(F)(F)F)c3)(C(F)(F)F)ON2)sc1C(=O)NCC(=O)NCC(F)(F)F. The largest absolute Gasteiger partial charge is 0.428 e. The fourth-order valence-electron chi connectivity index (χ4n) is 3.48. The number of benzene rings is 1. The molecule has 3 rings (SSSR count). The van der Waals surface area contributed by atoms with E-state index in [9.17, 15) is 62.3 Å². The van der Waals surface area contributed by atoms with E-state index in [0.717, 1.165) is 6.07 Å². The standard InChI is InChI=1S/C22H15F12N3O3S/c1-9-2-14(41-16(9)17(39)35-7-15(38)36-8-19(23,24)25)13-6-18(40-37-13,22(32,33)34)10-3-11(20(26,27)28)5-12(4-10)21(29,30)31/h2-6,37H,7-8H2,1H3,(H,35,39)(H,36,38). The molecule has 0 saturated carbocycles. The lowest BCUT2D eigenvalue weighted by Crippen LogP contribution is -2.43. The van der Waals surface area contributed by atoms with Gasteiger partial charge in [0.2, 0.25) is 11.5 Å². The maximum atomic E-state index is 14.2. The monoisotopic (exact) mass is 629 g/mol. The van der Waals surface area contributed by atoms with Gasteiger partial charge in [0.05, 0.1) is 33.1 Å². The van der Waals surface area contributed by atoms with Crippen LogP contribution in [0.15, 0.2) is 30.3 Å². The molecule has 1 aliphatic heterocycles. The zero-order valence-electron chi connectivity index (χ0n) is 20.0. The van der Waals surface area contributed by atoms with Crippen molar-refractivity contribution in [2.24, 2.45) is 0 Å². The summed E-state index contributed by atoms with van der Waals surface area (Å²) in [4.78, 5) is 28.1. The van der Waals surface area contributed by atoms with Crippen LogP contribution in [0.25, 0.3) is 5.70 Å². The molecule has 0 aliphatic carbocycles. The molecule has 2 amide bonds. The molecule has 1 unspecified atom stereocenters. The Morgan fingerprint density at radius 2 is 1.44 bits per heavy atom. The summed E-state index contributed by atoms with van der Waals surface area (Å²) in [5.41, 5.74) is -8.01. The summed E-state index contributed by atoms with van der Waals surface area (Å²) in [6, 6.07) is 0.515. The molecule has 0 saturated heterocycles. The topological polar surface area (TPSA) is 79.5 Å². The fourth-order valence-corrected chi connectivity index (χ4v) is 4.53. The number of nitrogens with one attached hydrogen (secondary N) is 3. The average molecular weight is 629 g/mol. The average Bonchev–Trinajstić information content (AvgIpc) is 3.44. The minimum absolute atomic E-state index is 0.101. The Bertz CT molecular complexity index is 1330. The number of halogens is 12. The molecule has 226 valence electrons. The first kappa shape index (κ1) is 32.0. The van der Waals surface area contributed by atoms with E-state index in [4.69, 9.17) is 0 Å². The highest BCUT2D eigenvalue weighted by Gasteiger charge is 2.60. The first-order chi connectivity index (χ1) is 18.5. The Labute approximate surface area is 225 Å². The van der Waals surface area contributed by atoms with Crippen molar-refractivity contribution in [3.8, 4) is 0 Å². The number of hydroxylamine groups is 1. The second-order valence-corrected chi connectivity index (χ2v) is 9.54. The molecule has 1 atom stereocenters. The second-order valence-electron chi connectivity index (χ2n) is 8.49. The molecule has 2 aromatic rings. The molecular weight excluding hydrogens is 614 g/mol. The molecule has 19 heteroatoms. The van der Waals surface area contributed by atoms with Gasteiger partial charge in [-0.15, -0.1) is 11.3 Å². The molecule has 1 aliphatic rings. The van der Waals surface area contributed by atoms with Gasteiger partial charge in [-0.05, 0) is 42.8 Å². The number of carbonyl (C=O) groups is 2. The van der Waals surface area contributed by atoms with Crippen LogP contribution in [0, 0.1) is 6.92 Å². The summed E-state index contributed by atoms with van der Waals surface area (Å²) in [7, 11) is 0. The van der Waals surface area contributed by atoms with Crippen LogP contribution in [0.4, 0.5) is 52.7 Å². The first-order valence-electron chi connectivity index (χ1n) is 10.8. The van der Waals surface area contributed by atoms with Gasteiger partial charge >= 0.3 is 24.7 Å². The van der Waals surface area contributed by atoms with Gasteiger partial charge in [-0.3, -0.25) is 19.9 Å². The Hall–Kier alpha value is -3.48. The maximum Gasteiger partial charge on any atom is 0.428 e. The maximum absolute atomic E-state index is 14.2. The molecule has 2 heterocycles. The minimum atomic E-state index is -5.59. The zero-order chi connectivity index (χ0) is 31.2. The van der Waals surface area contributed by atoms with Crippen molar-refractivity contribution >= 4 is 28.8 Å². The van der Waals surface area contributed by atoms with E-state index in [1.54, 1.807) is 0 Å². The van der Waals surface area contributed by atoms with Gasteiger partial charge in [0.15, 0.2) is 0 Å². The normalized spacial score (nSPS) is 18.1. The van der Waals surface area contributed by atoms with Crippen LogP contribution in [0.5, 0.6) is 0 Å². The van der Waals surface area contributed by atoms with Crippen LogP contribution in [0.3, 0.4) is 0 Å². The van der Waals surface area contributed by atoms with Crippen molar-refractivity contribution in [1.82, 2.24) is 16.1 Å². The Kier molecular flexibility index (Phi) is 8.39. The van der Waals surface area contributed by atoms with Gasteiger partial charge in [-0.2, -0.15) is 52.7 Å². The summed E-state index contributed by atoms with van der Waals surface area (Å²) in [6.07, 6.45) is -21.0. The Balaban J connectivity index is 1.96. The highest BCUT2D eigenvalue weighted by atomic mass is 32.1. The Morgan fingerprint density at radius 3 is 1.93 bits per heavy atom. The fraction of sp³-hybridized carbons (Fsp3) is 0.364. The van der Waals surface area contributed by atoms with Crippen molar-refractivity contribution in [1.29, 1.82) is 0 Å². The molecule has 0 spiro atoms. The number of carbonyl (C=O) groups excluding carboxylic acids is 2. The van der Waals surface area contributed by atoms with Gasteiger partial charge in [-0.25, -0.2) is 0 Å². The number of amides is 2. The molecule has 0 radical (unpaired) electrons. The van der Waals surface area contributed by atoms with Crippen LogP contribution in [-0.2, 0) is 27.6 Å². The van der Waals surface area contributed by atoms with E-state index in [2.05, 4.69) is 4.84 Å². The third-order valence-corrected chi connectivity index (χ3v) is 6.66. The number of aryl methyl sites for hydroxylation is 1. The molecule has 1 aromatic carbocycles. The van der Waals surface area contributed by atoms with E-state index >= 15 is 0 Å². The van der Waals surface area contributed by atoms with Crippen molar-refractivity contribution in [3.05, 3.63) is 62.3 Å². The molecule has 41 heavy (non-hydrogen) atoms. The first-order valence-corrected chi connectivity index (χ1v) is 11.6. The van der Waals surface area contributed by atoms with Crippen LogP contribution in [-0.4, -0.2) is 37.3 Å². The Morgan fingerprint density at radius 1 is 0.878 bits per heavy atom. The van der Waals surface area contributed by atoms with Gasteiger partial charge in [0, 0.05) is 5.56 Å². The van der Waals surface area contributed by atoms with Crippen molar-refractivity contribution in [3.63, 3.8) is 0 Å². The van der Waals surface area contributed by atoms with Crippen molar-refractivity contribution in [2.45, 2.75) is 37.2 Å². The summed E-state index contributed by atoms with van der Waals surface area (Å²) in [5, 5.41) is 3.52. The molecule has 0 fully saturated rings. The molecular formula is C22H15F12N3O3S. The van der Waals surface area contributed by atoms with E-state index in [-0.39, 0.29) is 39.6 Å². The minimum Gasteiger partial charge on any atom is -0.345 e. The van der Waals surface area contributed by atoms with Gasteiger partial charge in [0.25, 0.3) is 5.91 Å². The second kappa shape index (κ2) is 10.7. The summed E-state index contributed by atoms with van der Waals surface area (Å²) >= 11 is 0.494. The lowest BCUT2D eigenvalue weighted by molar-refractivity contribution is -0.269. The quantitative estimate of drug-likeness (QED) is 0.352. The lowest BCUT2D eigenvalue weighted by atomic mass is 9.89. The number of alkyl halides is 12. The van der Waals surface area contributed by atoms with Gasteiger partial charge in [-0.1, -0.05) is 0 Å². The number of hydrogen-bond acceptors (Lipinski definition) is 5. The van der Waals surface area contributed by atoms with E-state index in [0.29, 0.717) is 11.3 Å². The molecule has 0 bridgehead atoms. The summed E-state index contributed by atoms with van der Waals surface area (Å²) in [6.45, 7) is -1.25. The number of hydrogen-bond donors (Lipinski definition) is 3. The third kappa shape index (κ3) is 7.24. The third-order valence-electron chi connectivity index (χ3n) is 5.39. The van der Waals surface area contributed by atoms with Crippen LogP contribution < -0.4 is 16.1 Å². The number of rotatable bonds is 6. The van der Waals surface area contributed by atoms with Crippen molar-refractivity contribution in [2.75, 3.05) is 13.1 Å². The predicted molar refractivity (Wildman–Crippen MR) is 117 cm³/mol. The molecule has 6 nitrogen and oxygen atoms in total. The summed E-state index contributed by atoms with van der Waals surface area (Å²) < 4.78 is 159. The van der Waals surface area contributed by atoms with E-state index in [1.807, 2.05) is 10.8 Å². The van der Waals surface area contributed by atoms with Crippen LogP contribution in [0.1, 0.15) is 36.8 Å². The molecule has 1 aromatic heterocycles. The number of thiophene rings is 1. The highest BCUT2D eigenvalue weighted by Crippen LogP contribution is 2.50. The predicted octanol–water partition coefficient (Wildman–Crippen LogP) is 5.84. The smallest absolute Gasteiger partial charge is 0.345 e. The van der Waals surface area contributed by atoms with Crippen molar-refractivity contribution < 1.29 is 67.1 Å². The molecule has 3 N–H and O–H groups in total. The summed E-state index contributed by atoms with van der Waals surface area (Å²) in [5.74, 6) is -2.21. The highest BCUT2D eigenvalue weighted by molar-refractivity contribution is 7.15. The van der Waals surface area contributed by atoms with E-state index < -0.39 is 77.6 Å². The van der Waals surface area contributed by atoms with Gasteiger partial charge in [0.1, 0.15) is 6.54 Å².